The first-order valence-corrected chi connectivity index (χ1v) is 11.0. The van der Waals surface area contributed by atoms with Gasteiger partial charge in [-0.25, -0.2) is 4.98 Å². The van der Waals surface area contributed by atoms with E-state index in [-0.39, 0.29) is 17.5 Å². The molecule has 1 atom stereocenters. The first-order chi connectivity index (χ1) is 16.3. The third-order valence-corrected chi connectivity index (χ3v) is 5.69. The molecule has 3 aromatic carbocycles. The van der Waals surface area contributed by atoms with E-state index in [1.807, 2.05) is 38.1 Å². The maximum atomic E-state index is 13.7. The number of para-hydroxylation sites is 3. The number of rotatable bonds is 5. The summed E-state index contributed by atoms with van der Waals surface area (Å²) in [7, 11) is 0. The highest BCUT2D eigenvalue weighted by Crippen LogP contribution is 2.27. The summed E-state index contributed by atoms with van der Waals surface area (Å²) in [6.45, 7) is 7.02. The molecule has 1 heterocycles. The maximum Gasteiger partial charge on any atom is 0.278 e. The molecule has 172 valence electrons. The molecule has 7 nitrogen and oxygen atoms in total. The maximum absolute atomic E-state index is 13.7. The Hall–Kier alpha value is -4.26. The third-order valence-electron chi connectivity index (χ3n) is 5.69. The normalized spacial score (nSPS) is 11.8. The Morgan fingerprint density at radius 3 is 2.35 bits per heavy atom. The molecule has 0 fully saturated rings. The zero-order chi connectivity index (χ0) is 24.4. The molecule has 0 saturated heterocycles. The summed E-state index contributed by atoms with van der Waals surface area (Å²) >= 11 is 0. The van der Waals surface area contributed by atoms with E-state index in [9.17, 15) is 14.4 Å². The molecular formula is C27H26N4O3. The highest BCUT2D eigenvalue weighted by Gasteiger charge is 2.23. The van der Waals surface area contributed by atoms with Crippen LogP contribution in [0, 0.1) is 13.8 Å². The molecule has 0 saturated carbocycles. The van der Waals surface area contributed by atoms with Gasteiger partial charge in [0.05, 0.1) is 16.7 Å². The Kier molecular flexibility index (Phi) is 6.27. The van der Waals surface area contributed by atoms with E-state index in [1.165, 1.54) is 11.5 Å². The van der Waals surface area contributed by atoms with Crippen molar-refractivity contribution < 1.29 is 9.59 Å². The van der Waals surface area contributed by atoms with Crippen molar-refractivity contribution >= 4 is 34.2 Å². The number of hydrogen-bond acceptors (Lipinski definition) is 4. The highest BCUT2D eigenvalue weighted by atomic mass is 16.2. The molecule has 2 amide bonds. The van der Waals surface area contributed by atoms with Gasteiger partial charge in [0.15, 0.2) is 0 Å². The monoisotopic (exact) mass is 454 g/mol. The number of benzene rings is 3. The molecule has 4 rings (SSSR count). The zero-order valence-electron chi connectivity index (χ0n) is 19.5. The molecule has 0 radical (unpaired) electrons. The lowest BCUT2D eigenvalue weighted by atomic mass is 10.1. The molecule has 0 aliphatic heterocycles. The number of nitrogens with one attached hydrogen (secondary N) is 2. The van der Waals surface area contributed by atoms with Crippen molar-refractivity contribution in [3.05, 3.63) is 88.2 Å². The van der Waals surface area contributed by atoms with E-state index in [1.54, 1.807) is 49.4 Å². The van der Waals surface area contributed by atoms with Crippen molar-refractivity contribution in [1.82, 2.24) is 9.55 Å². The summed E-state index contributed by atoms with van der Waals surface area (Å²) in [5, 5.41) is 5.70. The molecule has 0 aliphatic rings. The van der Waals surface area contributed by atoms with Crippen LogP contribution in [-0.2, 0) is 9.59 Å². The van der Waals surface area contributed by atoms with Gasteiger partial charge in [0.1, 0.15) is 11.7 Å². The van der Waals surface area contributed by atoms with Crippen molar-refractivity contribution in [3.8, 4) is 11.3 Å². The lowest BCUT2D eigenvalue weighted by Crippen LogP contribution is -2.33. The number of nitrogens with zero attached hydrogens (tertiary/aromatic N) is 2. The van der Waals surface area contributed by atoms with E-state index in [0.29, 0.717) is 28.0 Å². The van der Waals surface area contributed by atoms with E-state index in [0.717, 1.165) is 11.1 Å². The topological polar surface area (TPSA) is 93.1 Å². The summed E-state index contributed by atoms with van der Waals surface area (Å²) in [5.41, 5.74) is 4.58. The Morgan fingerprint density at radius 1 is 0.912 bits per heavy atom. The van der Waals surface area contributed by atoms with E-state index in [4.69, 9.17) is 0 Å². The quantitative estimate of drug-likeness (QED) is 0.451. The van der Waals surface area contributed by atoms with Gasteiger partial charge in [-0.3, -0.25) is 19.0 Å². The summed E-state index contributed by atoms with van der Waals surface area (Å²) in [4.78, 5) is 43.3. The van der Waals surface area contributed by atoms with Crippen LogP contribution in [0.3, 0.4) is 0 Å². The molecule has 7 heteroatoms. The van der Waals surface area contributed by atoms with Gasteiger partial charge in [-0.05, 0) is 50.6 Å². The van der Waals surface area contributed by atoms with Crippen molar-refractivity contribution in [2.45, 2.75) is 33.7 Å². The van der Waals surface area contributed by atoms with Crippen LogP contribution in [0.1, 0.15) is 31.0 Å². The molecule has 0 bridgehead atoms. The molecule has 0 aliphatic carbocycles. The van der Waals surface area contributed by atoms with Crippen LogP contribution in [0.25, 0.3) is 22.3 Å². The van der Waals surface area contributed by atoms with E-state index < -0.39 is 11.6 Å². The first kappa shape index (κ1) is 22.9. The predicted octanol–water partition coefficient (Wildman–Crippen LogP) is 4.84. The van der Waals surface area contributed by atoms with Crippen LogP contribution in [-0.4, -0.2) is 21.4 Å². The second-order valence-corrected chi connectivity index (χ2v) is 8.33. The molecule has 1 aromatic heterocycles. The Labute approximate surface area is 197 Å². The lowest BCUT2D eigenvalue weighted by molar-refractivity contribution is -0.118. The van der Waals surface area contributed by atoms with Crippen molar-refractivity contribution in [2.24, 2.45) is 0 Å². The molecule has 1 unspecified atom stereocenters. The van der Waals surface area contributed by atoms with E-state index >= 15 is 0 Å². The fraction of sp³-hybridized carbons (Fsp3) is 0.185. The number of aromatic nitrogens is 2. The number of carbonyl (C=O) groups excluding carboxylic acids is 2. The highest BCUT2D eigenvalue weighted by molar-refractivity contribution is 5.96. The Balaban J connectivity index is 1.85. The van der Waals surface area contributed by atoms with Crippen molar-refractivity contribution in [3.63, 3.8) is 0 Å². The van der Waals surface area contributed by atoms with Gasteiger partial charge in [-0.1, -0.05) is 48.0 Å². The molecular weight excluding hydrogens is 428 g/mol. The smallest absolute Gasteiger partial charge is 0.278 e. The minimum Gasteiger partial charge on any atom is -0.326 e. The fourth-order valence-electron chi connectivity index (χ4n) is 4.01. The summed E-state index contributed by atoms with van der Waals surface area (Å²) in [6, 6.07) is 19.2. The van der Waals surface area contributed by atoms with Gasteiger partial charge in [-0.2, -0.15) is 0 Å². The fourth-order valence-corrected chi connectivity index (χ4v) is 4.01. The predicted molar refractivity (Wildman–Crippen MR) is 135 cm³/mol. The number of anilines is 2. The van der Waals surface area contributed by atoms with Crippen molar-refractivity contribution in [1.29, 1.82) is 0 Å². The third kappa shape index (κ3) is 4.45. The SMILES string of the molecule is CC(=O)Nc1ccccc1-c1nc2ccccc2n(C(C)C(=O)Nc2ccc(C)cc2C)c1=O. The lowest BCUT2D eigenvalue weighted by Gasteiger charge is -2.20. The van der Waals surface area contributed by atoms with Crippen LogP contribution in [0.15, 0.2) is 71.5 Å². The van der Waals surface area contributed by atoms with E-state index in [2.05, 4.69) is 15.6 Å². The standard InChI is InChI=1S/C27H26N4O3/c1-16-13-14-21(17(2)15-16)30-26(33)18(3)31-24-12-8-7-11-23(24)29-25(27(31)34)20-9-5-6-10-22(20)28-19(4)32/h5-15,18H,1-4H3,(H,28,32)(H,30,33). The van der Waals surface area contributed by atoms with Crippen LogP contribution < -0.4 is 16.2 Å². The summed E-state index contributed by atoms with van der Waals surface area (Å²) in [6.07, 6.45) is 0. The van der Waals surface area contributed by atoms with Gasteiger partial charge in [0.25, 0.3) is 5.56 Å². The summed E-state index contributed by atoms with van der Waals surface area (Å²) < 4.78 is 1.46. The van der Waals surface area contributed by atoms with Gasteiger partial charge < -0.3 is 10.6 Å². The largest absolute Gasteiger partial charge is 0.326 e. The van der Waals surface area contributed by atoms with Gasteiger partial charge >= 0.3 is 0 Å². The minimum absolute atomic E-state index is 0.161. The van der Waals surface area contributed by atoms with Crippen LogP contribution >= 0.6 is 0 Å². The molecule has 2 N–H and O–H groups in total. The molecule has 34 heavy (non-hydrogen) atoms. The summed E-state index contributed by atoms with van der Waals surface area (Å²) in [5.74, 6) is -0.568. The van der Waals surface area contributed by atoms with Crippen LogP contribution in [0.2, 0.25) is 0 Å². The Bertz CT molecular complexity index is 1470. The first-order valence-electron chi connectivity index (χ1n) is 11.0. The van der Waals surface area contributed by atoms with Gasteiger partial charge in [0, 0.05) is 18.2 Å². The van der Waals surface area contributed by atoms with Gasteiger partial charge in [-0.15, -0.1) is 0 Å². The average Bonchev–Trinajstić information content (AvgIpc) is 2.80. The number of aryl methyl sites for hydroxylation is 2. The second-order valence-electron chi connectivity index (χ2n) is 8.33. The number of carbonyl (C=O) groups is 2. The number of hydrogen-bond donors (Lipinski definition) is 2. The van der Waals surface area contributed by atoms with Gasteiger partial charge in [0.2, 0.25) is 11.8 Å². The van der Waals surface area contributed by atoms with Crippen LogP contribution in [0.4, 0.5) is 11.4 Å². The molecule has 0 spiro atoms. The zero-order valence-corrected chi connectivity index (χ0v) is 19.5. The average molecular weight is 455 g/mol. The Morgan fingerprint density at radius 2 is 1.62 bits per heavy atom. The number of fused-ring (bicyclic) bond motifs is 1. The van der Waals surface area contributed by atoms with Crippen molar-refractivity contribution in [2.75, 3.05) is 10.6 Å². The van der Waals surface area contributed by atoms with Crippen LogP contribution in [0.5, 0.6) is 0 Å². The minimum atomic E-state index is -0.812. The number of amides is 2. The second kappa shape index (κ2) is 9.31. The molecule has 4 aromatic rings.